The van der Waals surface area contributed by atoms with E-state index in [-0.39, 0.29) is 30.8 Å². The number of nitrogens with zero attached hydrogens (tertiary/aromatic N) is 1. The standard InChI is InChI=1S/C18H19F3N2O4/c1-10(24)22-17(18(19,20)21)14-12(7-16(2,3)8-13(14)25)23(15(17)26)9-11-5-4-6-27-11/h4-6H,7-9H2,1-3H3,(H,22,24)/t17-/m0/s1. The highest BCUT2D eigenvalue weighted by molar-refractivity contribution is 6.13. The number of rotatable bonds is 3. The summed E-state index contributed by atoms with van der Waals surface area (Å²) in [6.07, 6.45) is -3.89. The topological polar surface area (TPSA) is 79.6 Å². The van der Waals surface area contributed by atoms with Gasteiger partial charge in [0.2, 0.25) is 11.4 Å². The number of ketones is 1. The minimum Gasteiger partial charge on any atom is -0.467 e. The Morgan fingerprint density at radius 1 is 1.30 bits per heavy atom. The van der Waals surface area contributed by atoms with Gasteiger partial charge in [-0.15, -0.1) is 0 Å². The molecule has 0 saturated heterocycles. The summed E-state index contributed by atoms with van der Waals surface area (Å²) in [6.45, 7) is 4.12. The Hall–Kier alpha value is -2.58. The lowest BCUT2D eigenvalue weighted by Crippen LogP contribution is -2.65. The summed E-state index contributed by atoms with van der Waals surface area (Å²) in [5.74, 6) is -2.96. The van der Waals surface area contributed by atoms with Gasteiger partial charge in [0.1, 0.15) is 5.76 Å². The maximum absolute atomic E-state index is 14.1. The molecule has 1 aliphatic carbocycles. The number of nitrogens with one attached hydrogen (secondary N) is 1. The molecule has 1 atom stereocenters. The first-order chi connectivity index (χ1) is 12.4. The number of alkyl halides is 3. The summed E-state index contributed by atoms with van der Waals surface area (Å²) < 4.78 is 47.6. The lowest BCUT2D eigenvalue weighted by molar-refractivity contribution is -0.194. The van der Waals surface area contributed by atoms with E-state index in [4.69, 9.17) is 4.42 Å². The molecule has 2 heterocycles. The van der Waals surface area contributed by atoms with Crippen LogP contribution < -0.4 is 5.32 Å². The van der Waals surface area contributed by atoms with Gasteiger partial charge in [-0.25, -0.2) is 0 Å². The number of allylic oxidation sites excluding steroid dienone is 1. The average molecular weight is 384 g/mol. The molecule has 9 heteroatoms. The van der Waals surface area contributed by atoms with Crippen molar-refractivity contribution < 1.29 is 32.0 Å². The van der Waals surface area contributed by atoms with Gasteiger partial charge in [-0.1, -0.05) is 13.8 Å². The van der Waals surface area contributed by atoms with Gasteiger partial charge < -0.3 is 14.6 Å². The zero-order chi connectivity index (χ0) is 20.2. The van der Waals surface area contributed by atoms with Crippen LogP contribution in [0.4, 0.5) is 13.2 Å². The normalized spacial score (nSPS) is 25.0. The zero-order valence-electron chi connectivity index (χ0n) is 15.1. The van der Waals surface area contributed by atoms with E-state index in [9.17, 15) is 27.6 Å². The molecule has 0 aromatic carbocycles. The van der Waals surface area contributed by atoms with E-state index in [0.717, 1.165) is 11.8 Å². The lowest BCUT2D eigenvalue weighted by atomic mass is 9.72. The Morgan fingerprint density at radius 3 is 2.48 bits per heavy atom. The van der Waals surface area contributed by atoms with Crippen LogP contribution in [0, 0.1) is 5.41 Å². The number of halogens is 3. The number of carbonyl (C=O) groups excluding carboxylic acids is 3. The monoisotopic (exact) mass is 384 g/mol. The van der Waals surface area contributed by atoms with E-state index in [1.54, 1.807) is 25.2 Å². The zero-order valence-corrected chi connectivity index (χ0v) is 15.1. The molecule has 0 radical (unpaired) electrons. The average Bonchev–Trinajstić information content (AvgIpc) is 3.06. The second-order valence-electron chi connectivity index (χ2n) is 7.66. The molecular formula is C18H19F3N2O4. The van der Waals surface area contributed by atoms with E-state index in [2.05, 4.69) is 0 Å². The fourth-order valence-electron chi connectivity index (χ4n) is 3.82. The molecule has 1 aliphatic heterocycles. The molecule has 6 nitrogen and oxygen atoms in total. The molecule has 0 saturated carbocycles. The van der Waals surface area contributed by atoms with E-state index < -0.39 is 40.3 Å². The van der Waals surface area contributed by atoms with Crippen LogP contribution in [0.15, 0.2) is 34.1 Å². The highest BCUT2D eigenvalue weighted by Crippen LogP contribution is 2.52. The quantitative estimate of drug-likeness (QED) is 0.869. The Morgan fingerprint density at radius 2 is 1.96 bits per heavy atom. The third-order valence-electron chi connectivity index (χ3n) is 4.80. The second-order valence-corrected chi connectivity index (χ2v) is 7.66. The van der Waals surface area contributed by atoms with Crippen LogP contribution in [0.1, 0.15) is 39.4 Å². The minimum absolute atomic E-state index is 0.0104. The van der Waals surface area contributed by atoms with Gasteiger partial charge in [0.05, 0.1) is 18.4 Å². The summed E-state index contributed by atoms with van der Waals surface area (Å²) in [6, 6.07) is 3.07. The van der Waals surface area contributed by atoms with Crippen molar-refractivity contribution in [2.75, 3.05) is 0 Å². The van der Waals surface area contributed by atoms with Crippen molar-refractivity contribution in [2.45, 2.75) is 51.9 Å². The first kappa shape index (κ1) is 19.2. The van der Waals surface area contributed by atoms with Crippen molar-refractivity contribution in [2.24, 2.45) is 5.41 Å². The minimum atomic E-state index is -5.18. The van der Waals surface area contributed by atoms with Crippen LogP contribution in [-0.4, -0.2) is 34.2 Å². The molecule has 27 heavy (non-hydrogen) atoms. The number of carbonyl (C=O) groups is 3. The Labute approximate surface area is 153 Å². The smallest absolute Gasteiger partial charge is 0.425 e. The molecule has 146 valence electrons. The molecule has 3 rings (SSSR count). The molecule has 0 fully saturated rings. The number of hydrogen-bond donors (Lipinski definition) is 1. The molecule has 1 aromatic rings. The van der Waals surface area contributed by atoms with Gasteiger partial charge in [0, 0.05) is 19.0 Å². The lowest BCUT2D eigenvalue weighted by Gasteiger charge is -2.35. The third kappa shape index (κ3) is 2.94. The Balaban J connectivity index is 2.22. The fraction of sp³-hybridized carbons (Fsp3) is 0.500. The van der Waals surface area contributed by atoms with Gasteiger partial charge in [-0.05, 0) is 24.0 Å². The molecule has 2 amide bonds. The van der Waals surface area contributed by atoms with Gasteiger partial charge in [0.15, 0.2) is 5.78 Å². The van der Waals surface area contributed by atoms with Crippen LogP contribution >= 0.6 is 0 Å². The van der Waals surface area contributed by atoms with Crippen LogP contribution in [0.3, 0.4) is 0 Å². The number of Topliss-reactive ketones (excluding diaryl/α,β-unsaturated/α-hetero) is 1. The first-order valence-corrected chi connectivity index (χ1v) is 8.36. The molecular weight excluding hydrogens is 365 g/mol. The number of furan rings is 1. The van der Waals surface area contributed by atoms with Crippen molar-refractivity contribution in [1.82, 2.24) is 10.2 Å². The van der Waals surface area contributed by atoms with E-state index in [1.807, 2.05) is 0 Å². The summed E-state index contributed by atoms with van der Waals surface area (Å²) in [4.78, 5) is 38.2. The summed E-state index contributed by atoms with van der Waals surface area (Å²) in [5, 5.41) is 1.75. The Bertz CT molecular complexity index is 839. The van der Waals surface area contributed by atoms with Gasteiger partial charge in [-0.2, -0.15) is 13.2 Å². The van der Waals surface area contributed by atoms with E-state index in [0.29, 0.717) is 0 Å². The van der Waals surface area contributed by atoms with Gasteiger partial charge in [-0.3, -0.25) is 14.4 Å². The molecule has 2 aliphatic rings. The number of hydrogen-bond acceptors (Lipinski definition) is 4. The molecule has 0 unspecified atom stereocenters. The molecule has 0 bridgehead atoms. The highest BCUT2D eigenvalue weighted by atomic mass is 19.4. The van der Waals surface area contributed by atoms with Crippen LogP contribution in [-0.2, 0) is 20.9 Å². The summed E-state index contributed by atoms with van der Waals surface area (Å²) in [5.41, 5.74) is -4.67. The predicted octanol–water partition coefficient (Wildman–Crippen LogP) is 2.70. The summed E-state index contributed by atoms with van der Waals surface area (Å²) in [7, 11) is 0. The van der Waals surface area contributed by atoms with Crippen molar-refractivity contribution in [3.05, 3.63) is 35.4 Å². The van der Waals surface area contributed by atoms with Crippen molar-refractivity contribution in [3.63, 3.8) is 0 Å². The maximum atomic E-state index is 14.1. The number of amides is 2. The van der Waals surface area contributed by atoms with E-state index >= 15 is 0 Å². The fourth-order valence-corrected chi connectivity index (χ4v) is 3.82. The molecule has 1 N–H and O–H groups in total. The van der Waals surface area contributed by atoms with Crippen LogP contribution in [0.2, 0.25) is 0 Å². The van der Waals surface area contributed by atoms with Crippen LogP contribution in [0.25, 0.3) is 0 Å². The molecule has 0 spiro atoms. The molecule has 1 aromatic heterocycles. The van der Waals surface area contributed by atoms with E-state index in [1.165, 1.54) is 12.3 Å². The maximum Gasteiger partial charge on any atom is 0.425 e. The van der Waals surface area contributed by atoms with Gasteiger partial charge in [0.25, 0.3) is 5.91 Å². The third-order valence-corrected chi connectivity index (χ3v) is 4.80. The van der Waals surface area contributed by atoms with Crippen LogP contribution in [0.5, 0.6) is 0 Å². The highest BCUT2D eigenvalue weighted by Gasteiger charge is 2.71. The van der Waals surface area contributed by atoms with Gasteiger partial charge >= 0.3 is 6.18 Å². The predicted molar refractivity (Wildman–Crippen MR) is 86.9 cm³/mol. The van der Waals surface area contributed by atoms with Crippen molar-refractivity contribution in [3.8, 4) is 0 Å². The summed E-state index contributed by atoms with van der Waals surface area (Å²) >= 11 is 0. The largest absolute Gasteiger partial charge is 0.467 e. The SMILES string of the molecule is CC(=O)N[C@]1(C(F)(F)F)C(=O)N(Cc2ccco2)C2=C1C(=O)CC(C)(C)C2. The van der Waals surface area contributed by atoms with Crippen molar-refractivity contribution >= 4 is 17.6 Å². The van der Waals surface area contributed by atoms with Crippen molar-refractivity contribution in [1.29, 1.82) is 0 Å². The Kier molecular flexibility index (Phi) is 4.24. The second kappa shape index (κ2) is 5.97. The first-order valence-electron chi connectivity index (χ1n) is 8.36.